The first-order valence-corrected chi connectivity index (χ1v) is 9.85. The second-order valence-electron chi connectivity index (χ2n) is 7.52. The molecule has 4 rings (SSSR count). The van der Waals surface area contributed by atoms with E-state index in [9.17, 15) is 9.59 Å². The van der Waals surface area contributed by atoms with Gasteiger partial charge in [0.05, 0.1) is 6.04 Å². The monoisotopic (exact) mass is 384 g/mol. The minimum absolute atomic E-state index is 0.0122. The lowest BCUT2D eigenvalue weighted by atomic mass is 9.97. The zero-order chi connectivity index (χ0) is 20.4. The quantitative estimate of drug-likeness (QED) is 0.651. The van der Waals surface area contributed by atoms with Gasteiger partial charge in [0, 0.05) is 24.3 Å². The first-order chi connectivity index (χ1) is 14.0. The van der Waals surface area contributed by atoms with E-state index in [4.69, 9.17) is 0 Å². The number of anilines is 1. The molecule has 0 unspecified atom stereocenters. The molecule has 1 amide bonds. The van der Waals surface area contributed by atoms with E-state index in [0.29, 0.717) is 24.3 Å². The van der Waals surface area contributed by atoms with Crippen molar-refractivity contribution in [2.45, 2.75) is 33.0 Å². The van der Waals surface area contributed by atoms with Gasteiger partial charge in [-0.3, -0.25) is 14.5 Å². The lowest BCUT2D eigenvalue weighted by Gasteiger charge is -2.27. The summed E-state index contributed by atoms with van der Waals surface area (Å²) in [7, 11) is 0. The van der Waals surface area contributed by atoms with Crippen molar-refractivity contribution < 1.29 is 9.59 Å². The SMILES string of the molecule is CC(=O)c1ccc(NC(=O)[C@@H](C)N2Cc3ccccc3-c3ccccc3C2)cc1. The molecule has 3 aromatic rings. The molecule has 0 radical (unpaired) electrons. The molecule has 1 heterocycles. The molecule has 0 aromatic heterocycles. The third-order valence-corrected chi connectivity index (χ3v) is 5.56. The summed E-state index contributed by atoms with van der Waals surface area (Å²) in [6.07, 6.45) is 0. The van der Waals surface area contributed by atoms with E-state index in [1.54, 1.807) is 24.3 Å². The van der Waals surface area contributed by atoms with Crippen molar-refractivity contribution >= 4 is 17.4 Å². The first kappa shape index (κ1) is 19.1. The summed E-state index contributed by atoms with van der Waals surface area (Å²) in [4.78, 5) is 26.6. The fourth-order valence-corrected chi connectivity index (χ4v) is 3.81. The van der Waals surface area contributed by atoms with E-state index in [2.05, 4.69) is 46.6 Å². The van der Waals surface area contributed by atoms with Crippen molar-refractivity contribution in [1.29, 1.82) is 0 Å². The molecule has 1 N–H and O–H groups in total. The number of benzene rings is 3. The van der Waals surface area contributed by atoms with Gasteiger partial charge in [-0.15, -0.1) is 0 Å². The Labute approximate surface area is 171 Å². The van der Waals surface area contributed by atoms with Crippen molar-refractivity contribution in [2.24, 2.45) is 0 Å². The Kier molecular flexibility index (Phi) is 5.28. The average molecular weight is 384 g/mol. The molecule has 1 aliphatic rings. The van der Waals surface area contributed by atoms with Crippen LogP contribution in [0.1, 0.15) is 35.3 Å². The van der Waals surface area contributed by atoms with Crippen LogP contribution in [0.2, 0.25) is 0 Å². The summed E-state index contributed by atoms with van der Waals surface area (Å²) < 4.78 is 0. The molecule has 4 heteroatoms. The average Bonchev–Trinajstić information content (AvgIpc) is 2.90. The molecule has 0 bridgehead atoms. The number of nitrogens with one attached hydrogen (secondary N) is 1. The Morgan fingerprint density at radius 1 is 0.828 bits per heavy atom. The highest BCUT2D eigenvalue weighted by Gasteiger charge is 2.26. The normalized spacial score (nSPS) is 14.3. The number of carbonyl (C=O) groups excluding carboxylic acids is 2. The highest BCUT2D eigenvalue weighted by molar-refractivity contribution is 5.97. The van der Waals surface area contributed by atoms with Gasteiger partial charge in [0.15, 0.2) is 5.78 Å². The zero-order valence-electron chi connectivity index (χ0n) is 16.7. The van der Waals surface area contributed by atoms with Gasteiger partial charge in [-0.25, -0.2) is 0 Å². The van der Waals surface area contributed by atoms with Crippen LogP contribution in [0, 0.1) is 0 Å². The third-order valence-electron chi connectivity index (χ3n) is 5.56. The summed E-state index contributed by atoms with van der Waals surface area (Å²) in [6.45, 7) is 4.89. The summed E-state index contributed by atoms with van der Waals surface area (Å²) in [5.74, 6) is -0.0458. The van der Waals surface area contributed by atoms with Crippen molar-refractivity contribution in [3.05, 3.63) is 89.5 Å². The molecule has 29 heavy (non-hydrogen) atoms. The number of hydrogen-bond acceptors (Lipinski definition) is 3. The van der Waals surface area contributed by atoms with Gasteiger partial charge >= 0.3 is 0 Å². The lowest BCUT2D eigenvalue weighted by molar-refractivity contribution is -0.121. The van der Waals surface area contributed by atoms with E-state index < -0.39 is 0 Å². The Morgan fingerprint density at radius 2 is 1.34 bits per heavy atom. The van der Waals surface area contributed by atoms with E-state index in [1.807, 2.05) is 19.1 Å². The number of Topliss-reactive ketones (excluding diaryl/α,β-unsaturated/α-hetero) is 1. The lowest BCUT2D eigenvalue weighted by Crippen LogP contribution is -2.40. The van der Waals surface area contributed by atoms with E-state index in [0.717, 1.165) is 0 Å². The minimum Gasteiger partial charge on any atom is -0.325 e. The molecule has 1 aliphatic heterocycles. The molecule has 0 spiro atoms. The van der Waals surface area contributed by atoms with Gasteiger partial charge in [-0.05, 0) is 60.4 Å². The van der Waals surface area contributed by atoms with Crippen LogP contribution in [0.25, 0.3) is 11.1 Å². The minimum atomic E-state index is -0.304. The zero-order valence-corrected chi connectivity index (χ0v) is 16.7. The number of rotatable bonds is 4. The van der Waals surface area contributed by atoms with Crippen LogP contribution < -0.4 is 5.32 Å². The maximum atomic E-state index is 12.9. The van der Waals surface area contributed by atoms with Crippen molar-refractivity contribution in [2.75, 3.05) is 5.32 Å². The van der Waals surface area contributed by atoms with Gasteiger partial charge in [0.2, 0.25) is 5.91 Å². The summed E-state index contributed by atoms with van der Waals surface area (Å²) >= 11 is 0. The molecular formula is C25H24N2O2. The van der Waals surface area contributed by atoms with Gasteiger partial charge in [0.25, 0.3) is 0 Å². The Bertz CT molecular complexity index is 1010. The first-order valence-electron chi connectivity index (χ1n) is 9.85. The smallest absolute Gasteiger partial charge is 0.241 e. The number of amides is 1. The molecule has 0 fully saturated rings. The van der Waals surface area contributed by atoms with Crippen molar-refractivity contribution in [3.63, 3.8) is 0 Å². The third kappa shape index (κ3) is 3.98. The molecule has 0 saturated carbocycles. The van der Waals surface area contributed by atoms with Gasteiger partial charge < -0.3 is 5.32 Å². The Morgan fingerprint density at radius 3 is 1.86 bits per heavy atom. The van der Waals surface area contributed by atoms with Crippen LogP contribution in [-0.4, -0.2) is 22.6 Å². The van der Waals surface area contributed by atoms with Crippen LogP contribution in [0.15, 0.2) is 72.8 Å². The number of carbonyl (C=O) groups is 2. The highest BCUT2D eigenvalue weighted by atomic mass is 16.2. The molecule has 146 valence electrons. The largest absolute Gasteiger partial charge is 0.325 e. The fraction of sp³-hybridized carbons (Fsp3) is 0.200. The molecule has 4 nitrogen and oxygen atoms in total. The van der Waals surface area contributed by atoms with Crippen LogP contribution in [0.5, 0.6) is 0 Å². The van der Waals surface area contributed by atoms with Gasteiger partial charge in [-0.1, -0.05) is 48.5 Å². The van der Waals surface area contributed by atoms with Crippen molar-refractivity contribution in [1.82, 2.24) is 4.90 Å². The van der Waals surface area contributed by atoms with E-state index >= 15 is 0 Å². The summed E-state index contributed by atoms with van der Waals surface area (Å²) in [5.41, 5.74) is 6.25. The molecule has 0 aliphatic carbocycles. The summed E-state index contributed by atoms with van der Waals surface area (Å²) in [6, 6.07) is 23.5. The molecule has 1 atom stereocenters. The van der Waals surface area contributed by atoms with Crippen LogP contribution in [0.4, 0.5) is 5.69 Å². The molecule has 3 aromatic carbocycles. The van der Waals surface area contributed by atoms with Crippen molar-refractivity contribution in [3.8, 4) is 11.1 Å². The maximum absolute atomic E-state index is 12.9. The van der Waals surface area contributed by atoms with Gasteiger partial charge in [-0.2, -0.15) is 0 Å². The topological polar surface area (TPSA) is 49.4 Å². The second-order valence-corrected chi connectivity index (χ2v) is 7.52. The van der Waals surface area contributed by atoms with E-state index in [-0.39, 0.29) is 17.7 Å². The number of fused-ring (bicyclic) bond motifs is 3. The second kappa shape index (κ2) is 8.02. The standard InChI is InChI=1S/C25H24N2O2/c1-17(25(29)26-22-13-11-19(12-14-22)18(2)28)27-15-20-7-3-5-9-23(20)24-10-6-4-8-21(24)16-27/h3-14,17H,15-16H2,1-2H3,(H,26,29)/t17-/m1/s1. The predicted molar refractivity (Wildman–Crippen MR) is 116 cm³/mol. The Hall–Kier alpha value is -3.24. The van der Waals surface area contributed by atoms with Gasteiger partial charge in [0.1, 0.15) is 0 Å². The maximum Gasteiger partial charge on any atom is 0.241 e. The Balaban J connectivity index is 1.56. The highest BCUT2D eigenvalue weighted by Crippen LogP contribution is 2.33. The van der Waals surface area contributed by atoms with Crippen LogP contribution >= 0.6 is 0 Å². The van der Waals surface area contributed by atoms with Crippen LogP contribution in [-0.2, 0) is 17.9 Å². The molecular weight excluding hydrogens is 360 g/mol. The number of nitrogens with zero attached hydrogens (tertiary/aromatic N) is 1. The fourth-order valence-electron chi connectivity index (χ4n) is 3.81. The number of hydrogen-bond donors (Lipinski definition) is 1. The summed E-state index contributed by atoms with van der Waals surface area (Å²) in [5, 5.41) is 2.98. The molecule has 0 saturated heterocycles. The predicted octanol–water partition coefficient (Wildman–Crippen LogP) is 4.90. The van der Waals surface area contributed by atoms with E-state index in [1.165, 1.54) is 29.2 Å². The van der Waals surface area contributed by atoms with Crippen LogP contribution in [0.3, 0.4) is 0 Å². The number of ketones is 1.